The van der Waals surface area contributed by atoms with Crippen LogP contribution in [0.2, 0.25) is 0 Å². The number of aryl methyl sites for hydroxylation is 1. The van der Waals surface area contributed by atoms with Gasteiger partial charge in [-0.15, -0.1) is 0 Å². The molecule has 3 aromatic carbocycles. The number of nitrogens with two attached hydrogens (primary N) is 1. The molecular weight excluding hydrogens is 570 g/mol. The normalized spacial score (nSPS) is 14.2. The fraction of sp³-hybridized carbons (Fsp3) is 0.206. The van der Waals surface area contributed by atoms with Gasteiger partial charge in [-0.05, 0) is 59.3 Å². The number of phenols is 1. The van der Waals surface area contributed by atoms with E-state index in [0.29, 0.717) is 38.2 Å². The summed E-state index contributed by atoms with van der Waals surface area (Å²) < 4.78 is 8.97. The molecule has 1 unspecified atom stereocenters. The van der Waals surface area contributed by atoms with Crippen LogP contribution in [0.25, 0.3) is 21.8 Å². The molecule has 0 spiro atoms. The lowest BCUT2D eigenvalue weighted by Gasteiger charge is -2.15. The summed E-state index contributed by atoms with van der Waals surface area (Å²) in [6, 6.07) is 21.2. The maximum absolute atomic E-state index is 12.8. The number of benzene rings is 3. The van der Waals surface area contributed by atoms with Gasteiger partial charge in [0.15, 0.2) is 0 Å². The highest BCUT2D eigenvalue weighted by atomic mass is 16.5. The third-order valence-electron chi connectivity index (χ3n) is 8.28. The molecule has 0 fully saturated rings. The van der Waals surface area contributed by atoms with Crippen molar-refractivity contribution in [3.05, 3.63) is 119 Å². The summed E-state index contributed by atoms with van der Waals surface area (Å²) in [6.45, 7) is 2.80. The number of rotatable bonds is 11. The fourth-order valence-electron chi connectivity index (χ4n) is 6.21. The highest BCUT2D eigenvalue weighted by Crippen LogP contribution is 2.38. The van der Waals surface area contributed by atoms with Crippen LogP contribution in [0.3, 0.4) is 0 Å². The number of primary amides is 1. The molecule has 0 radical (unpaired) electrons. The molecule has 4 heterocycles. The van der Waals surface area contributed by atoms with E-state index in [1.54, 1.807) is 24.5 Å². The number of hydrogen-bond donors (Lipinski definition) is 5. The van der Waals surface area contributed by atoms with Crippen molar-refractivity contribution < 1.29 is 19.4 Å². The Hall–Kier alpha value is -5.55. The van der Waals surface area contributed by atoms with Gasteiger partial charge in [0.1, 0.15) is 5.75 Å². The molecule has 2 amide bonds. The Labute approximate surface area is 258 Å². The van der Waals surface area contributed by atoms with Crippen LogP contribution in [-0.4, -0.2) is 42.8 Å². The van der Waals surface area contributed by atoms with Gasteiger partial charge in [0.2, 0.25) is 0 Å². The molecule has 7 rings (SSSR count). The zero-order chi connectivity index (χ0) is 30.9. The Kier molecular flexibility index (Phi) is 7.44. The molecule has 1 atom stereocenters. The summed E-state index contributed by atoms with van der Waals surface area (Å²) in [4.78, 5) is 31.6. The van der Waals surface area contributed by atoms with E-state index in [-0.39, 0.29) is 24.3 Å². The summed E-state index contributed by atoms with van der Waals surface area (Å²) in [5.41, 5.74) is 12.6. The highest BCUT2D eigenvalue weighted by Gasteiger charge is 2.33. The third-order valence-corrected chi connectivity index (χ3v) is 8.28. The molecule has 0 aliphatic carbocycles. The van der Waals surface area contributed by atoms with Crippen LogP contribution in [0.4, 0.5) is 4.79 Å². The average Bonchev–Trinajstić information content (AvgIpc) is 3.80. The lowest BCUT2D eigenvalue weighted by Crippen LogP contribution is -2.22. The van der Waals surface area contributed by atoms with Crippen molar-refractivity contribution >= 4 is 33.8 Å². The Morgan fingerprint density at radius 2 is 1.98 bits per heavy atom. The number of aromatic nitrogens is 4. The average molecular weight is 604 g/mol. The molecule has 0 saturated heterocycles. The number of nitrogens with zero attached hydrogens (tertiary/aromatic N) is 3. The van der Waals surface area contributed by atoms with E-state index in [2.05, 4.69) is 61.7 Å². The summed E-state index contributed by atoms with van der Waals surface area (Å²) in [7, 11) is 0. The van der Waals surface area contributed by atoms with Gasteiger partial charge >= 0.3 is 6.09 Å². The number of fused-ring (bicyclic) bond motifs is 3. The predicted molar refractivity (Wildman–Crippen MR) is 170 cm³/mol. The molecular formula is C34H33N7O4. The summed E-state index contributed by atoms with van der Waals surface area (Å²) >= 11 is 0. The number of ether oxygens (including phenoxy) is 1. The monoisotopic (exact) mass is 603 g/mol. The number of carbonyl (C=O) groups excluding carboxylic acids is 2. The molecule has 3 aromatic heterocycles. The van der Waals surface area contributed by atoms with Gasteiger partial charge in [-0.3, -0.25) is 4.79 Å². The van der Waals surface area contributed by atoms with Gasteiger partial charge < -0.3 is 40.3 Å². The van der Waals surface area contributed by atoms with E-state index < -0.39 is 6.09 Å². The first kappa shape index (κ1) is 28.2. The number of aromatic amines is 1. The van der Waals surface area contributed by atoms with Crippen molar-refractivity contribution in [2.45, 2.75) is 38.6 Å². The second-order valence-electron chi connectivity index (χ2n) is 11.3. The van der Waals surface area contributed by atoms with Crippen molar-refractivity contribution in [3.8, 4) is 5.75 Å². The van der Waals surface area contributed by atoms with Crippen LogP contribution in [0.5, 0.6) is 5.75 Å². The van der Waals surface area contributed by atoms with Crippen molar-refractivity contribution in [2.75, 3.05) is 6.61 Å². The lowest BCUT2D eigenvalue weighted by atomic mass is 9.95. The zero-order valence-corrected chi connectivity index (χ0v) is 24.5. The summed E-state index contributed by atoms with van der Waals surface area (Å²) in [5.74, 6) is -0.00695. The van der Waals surface area contributed by atoms with Gasteiger partial charge in [-0.25, -0.2) is 9.78 Å². The molecule has 6 aromatic rings. The Morgan fingerprint density at radius 1 is 1.09 bits per heavy atom. The SMILES string of the molecule is NC(=O)OCCCn1cnc(Cn2ccc3ccc(CNCc4[nH]c5ccccc5c4C4NC(=O)c5ccc(O)cc54)cc32)c1. The number of para-hydroxylation sites is 1. The highest BCUT2D eigenvalue weighted by molar-refractivity contribution is 6.01. The molecule has 0 bridgehead atoms. The van der Waals surface area contributed by atoms with Crippen LogP contribution in [-0.2, 0) is 30.9 Å². The van der Waals surface area contributed by atoms with Crippen LogP contribution in [0, 0.1) is 0 Å². The third kappa shape index (κ3) is 5.73. The van der Waals surface area contributed by atoms with Gasteiger partial charge in [-0.2, -0.15) is 0 Å². The van der Waals surface area contributed by atoms with Gasteiger partial charge in [0, 0.05) is 65.3 Å². The molecule has 45 heavy (non-hydrogen) atoms. The minimum absolute atomic E-state index is 0.135. The van der Waals surface area contributed by atoms with Crippen LogP contribution in [0.15, 0.2) is 85.5 Å². The number of aromatic hydroxyl groups is 1. The standard InChI is InChI=1S/C34H33N7O4/c35-34(44)45-13-3-11-40-18-23(37-20-40)19-41-12-10-22-7-6-21(14-30(22)41)16-36-17-29-31(26-4-1-2-5-28(26)38-29)32-27-15-24(42)8-9-25(27)33(43)39-32/h1-2,4-10,12,14-15,18,20,32,36,38,42H,3,11,13,16-17,19H2,(H2,35,44)(H,39,43). The predicted octanol–water partition coefficient (Wildman–Crippen LogP) is 4.68. The van der Waals surface area contributed by atoms with Gasteiger partial charge in [0.05, 0.1) is 31.2 Å². The van der Waals surface area contributed by atoms with E-state index in [0.717, 1.165) is 49.9 Å². The van der Waals surface area contributed by atoms with E-state index >= 15 is 0 Å². The van der Waals surface area contributed by atoms with E-state index in [1.807, 2.05) is 29.0 Å². The number of imidazole rings is 1. The smallest absolute Gasteiger partial charge is 0.404 e. The molecule has 6 N–H and O–H groups in total. The summed E-state index contributed by atoms with van der Waals surface area (Å²) in [6.07, 6.45) is 5.77. The lowest BCUT2D eigenvalue weighted by molar-refractivity contribution is 0.0960. The number of nitrogens with one attached hydrogen (secondary N) is 3. The fourth-order valence-corrected chi connectivity index (χ4v) is 6.21. The minimum atomic E-state index is -0.759. The number of amides is 2. The maximum Gasteiger partial charge on any atom is 0.404 e. The molecule has 11 nitrogen and oxygen atoms in total. The molecule has 11 heteroatoms. The second-order valence-corrected chi connectivity index (χ2v) is 11.3. The number of carbonyl (C=O) groups is 2. The van der Waals surface area contributed by atoms with Crippen LogP contribution < -0.4 is 16.4 Å². The zero-order valence-electron chi connectivity index (χ0n) is 24.5. The number of phenolic OH excluding ortho intramolecular Hbond substituents is 1. The second kappa shape index (κ2) is 11.9. The quantitative estimate of drug-likeness (QED) is 0.136. The van der Waals surface area contributed by atoms with E-state index in [9.17, 15) is 14.7 Å². The molecule has 228 valence electrons. The van der Waals surface area contributed by atoms with Crippen molar-refractivity contribution in [1.82, 2.24) is 29.7 Å². The van der Waals surface area contributed by atoms with Crippen molar-refractivity contribution in [3.63, 3.8) is 0 Å². The molecule has 1 aliphatic rings. The van der Waals surface area contributed by atoms with Crippen LogP contribution in [0.1, 0.15) is 50.9 Å². The van der Waals surface area contributed by atoms with Gasteiger partial charge in [-0.1, -0.05) is 30.3 Å². The first-order chi connectivity index (χ1) is 21.9. The Morgan fingerprint density at radius 3 is 2.87 bits per heavy atom. The first-order valence-electron chi connectivity index (χ1n) is 14.9. The van der Waals surface area contributed by atoms with Crippen molar-refractivity contribution in [1.29, 1.82) is 0 Å². The number of H-pyrrole nitrogens is 1. The topological polar surface area (TPSA) is 152 Å². The number of hydrogen-bond acceptors (Lipinski definition) is 6. The minimum Gasteiger partial charge on any atom is -0.508 e. The molecule has 1 aliphatic heterocycles. The van der Waals surface area contributed by atoms with E-state index in [1.165, 1.54) is 0 Å². The Bertz CT molecular complexity index is 2040. The van der Waals surface area contributed by atoms with E-state index in [4.69, 9.17) is 10.5 Å². The van der Waals surface area contributed by atoms with Gasteiger partial charge in [0.25, 0.3) is 5.91 Å². The maximum atomic E-state index is 12.8. The van der Waals surface area contributed by atoms with Crippen LogP contribution >= 0.6 is 0 Å². The Balaban J connectivity index is 1.06. The largest absolute Gasteiger partial charge is 0.508 e. The molecule has 0 saturated carbocycles. The first-order valence-corrected chi connectivity index (χ1v) is 14.9. The van der Waals surface area contributed by atoms with Crippen molar-refractivity contribution in [2.24, 2.45) is 5.73 Å². The summed E-state index contributed by atoms with van der Waals surface area (Å²) in [5, 5.41) is 19.1.